The van der Waals surface area contributed by atoms with E-state index in [9.17, 15) is 0 Å². The Morgan fingerprint density at radius 2 is 1.88 bits per heavy atom. The van der Waals surface area contributed by atoms with Crippen LogP contribution in [0.2, 0.25) is 0 Å². The second-order valence-corrected chi connectivity index (χ2v) is 5.81. The maximum atomic E-state index is 5.80. The van der Waals surface area contributed by atoms with Crippen molar-refractivity contribution >= 4 is 0 Å². The third-order valence-corrected chi connectivity index (χ3v) is 4.07. The number of benzene rings is 1. The summed E-state index contributed by atoms with van der Waals surface area (Å²) in [5.74, 6) is 0. The first-order valence-corrected chi connectivity index (χ1v) is 8.26. The summed E-state index contributed by atoms with van der Waals surface area (Å²) >= 11 is 0. The van der Waals surface area contributed by atoms with E-state index in [0.29, 0.717) is 6.54 Å². The molecule has 2 heterocycles. The molecule has 0 atom stereocenters. The fourth-order valence-corrected chi connectivity index (χ4v) is 2.82. The molecular weight excluding hydrogens is 298 g/mol. The summed E-state index contributed by atoms with van der Waals surface area (Å²) in [6.07, 6.45) is 6.55. The molecule has 3 N–H and O–H groups in total. The van der Waals surface area contributed by atoms with Gasteiger partial charge in [-0.15, -0.1) is 0 Å². The van der Waals surface area contributed by atoms with Crippen molar-refractivity contribution in [2.75, 3.05) is 19.6 Å². The molecule has 2 aromatic heterocycles. The Bertz CT molecular complexity index is 724. The van der Waals surface area contributed by atoms with E-state index in [-0.39, 0.29) is 0 Å². The number of nitrogens with one attached hydrogen (secondary N) is 1. The smallest absolute Gasteiger partial charge is 0.0710 e. The topological polar surface area (TPSA) is 70.8 Å². The van der Waals surface area contributed by atoms with E-state index in [1.165, 1.54) is 11.1 Å². The van der Waals surface area contributed by atoms with Gasteiger partial charge in [-0.1, -0.05) is 30.3 Å². The molecule has 0 saturated heterocycles. The number of H-pyrrole nitrogens is 1. The lowest BCUT2D eigenvalue weighted by molar-refractivity contribution is 0.277. The van der Waals surface area contributed by atoms with Crippen molar-refractivity contribution in [1.29, 1.82) is 0 Å². The minimum Gasteiger partial charge on any atom is -0.329 e. The SMILES string of the molecule is NCCN(CCc1ccccc1)Cc1cn[nH]c1-c1cccnc1. The quantitative estimate of drug-likeness (QED) is 0.668. The normalized spacial score (nSPS) is 11.1. The van der Waals surface area contributed by atoms with Crippen LogP contribution in [0.3, 0.4) is 0 Å². The van der Waals surface area contributed by atoms with Gasteiger partial charge in [0.1, 0.15) is 0 Å². The Morgan fingerprint density at radius 1 is 1.00 bits per heavy atom. The predicted molar refractivity (Wildman–Crippen MR) is 96.3 cm³/mol. The van der Waals surface area contributed by atoms with Crippen LogP contribution in [0.1, 0.15) is 11.1 Å². The van der Waals surface area contributed by atoms with E-state index < -0.39 is 0 Å². The van der Waals surface area contributed by atoms with Crippen LogP contribution in [0.25, 0.3) is 11.3 Å². The van der Waals surface area contributed by atoms with Crippen molar-refractivity contribution in [3.63, 3.8) is 0 Å². The highest BCUT2D eigenvalue weighted by Gasteiger charge is 2.12. The van der Waals surface area contributed by atoms with E-state index in [2.05, 4.69) is 44.3 Å². The first-order valence-electron chi connectivity index (χ1n) is 8.26. The Kier molecular flexibility index (Phi) is 5.71. The highest BCUT2D eigenvalue weighted by Crippen LogP contribution is 2.21. The molecular formula is C19H23N5. The summed E-state index contributed by atoms with van der Waals surface area (Å²) in [5, 5.41) is 7.31. The molecule has 0 fully saturated rings. The van der Waals surface area contributed by atoms with E-state index in [1.807, 2.05) is 30.6 Å². The minimum absolute atomic E-state index is 0.648. The van der Waals surface area contributed by atoms with Crippen LogP contribution < -0.4 is 5.73 Å². The van der Waals surface area contributed by atoms with Crippen LogP contribution in [0, 0.1) is 0 Å². The highest BCUT2D eigenvalue weighted by atomic mass is 15.1. The first-order chi connectivity index (χ1) is 11.9. The molecule has 3 rings (SSSR count). The molecule has 0 spiro atoms. The second kappa shape index (κ2) is 8.38. The predicted octanol–water partition coefficient (Wildman–Crippen LogP) is 2.48. The fraction of sp³-hybridized carbons (Fsp3) is 0.263. The summed E-state index contributed by atoms with van der Waals surface area (Å²) in [5.41, 5.74) is 10.4. The van der Waals surface area contributed by atoms with E-state index in [1.54, 1.807) is 6.20 Å². The van der Waals surface area contributed by atoms with Crippen LogP contribution in [-0.2, 0) is 13.0 Å². The Morgan fingerprint density at radius 3 is 2.62 bits per heavy atom. The lowest BCUT2D eigenvalue weighted by atomic mass is 10.1. The summed E-state index contributed by atoms with van der Waals surface area (Å²) < 4.78 is 0. The standard InChI is InChI=1S/C19H23N5/c20-9-12-24(11-8-16-5-2-1-3-6-16)15-18-14-22-23-19(18)17-7-4-10-21-13-17/h1-7,10,13-14H,8-9,11-12,15,20H2,(H,22,23). The highest BCUT2D eigenvalue weighted by molar-refractivity contribution is 5.61. The number of nitrogens with two attached hydrogens (primary N) is 1. The van der Waals surface area contributed by atoms with Gasteiger partial charge < -0.3 is 5.73 Å². The van der Waals surface area contributed by atoms with Gasteiger partial charge in [0.25, 0.3) is 0 Å². The molecule has 5 heteroatoms. The number of hydrogen-bond donors (Lipinski definition) is 2. The lowest BCUT2D eigenvalue weighted by Crippen LogP contribution is -2.31. The maximum Gasteiger partial charge on any atom is 0.0710 e. The zero-order valence-electron chi connectivity index (χ0n) is 13.7. The van der Waals surface area contributed by atoms with Crippen molar-refractivity contribution in [3.8, 4) is 11.3 Å². The molecule has 3 aromatic rings. The molecule has 0 aliphatic carbocycles. The summed E-state index contributed by atoms with van der Waals surface area (Å²) in [6.45, 7) is 3.31. The van der Waals surface area contributed by atoms with Gasteiger partial charge in [0, 0.05) is 49.7 Å². The van der Waals surface area contributed by atoms with Crippen molar-refractivity contribution in [2.45, 2.75) is 13.0 Å². The summed E-state index contributed by atoms with van der Waals surface area (Å²) in [7, 11) is 0. The maximum absolute atomic E-state index is 5.80. The largest absolute Gasteiger partial charge is 0.329 e. The Labute approximate surface area is 142 Å². The monoisotopic (exact) mass is 321 g/mol. The Hall–Kier alpha value is -2.50. The third-order valence-electron chi connectivity index (χ3n) is 4.07. The van der Waals surface area contributed by atoms with Crippen molar-refractivity contribution in [2.24, 2.45) is 5.73 Å². The van der Waals surface area contributed by atoms with E-state index in [4.69, 9.17) is 5.73 Å². The molecule has 0 aliphatic rings. The number of nitrogens with zero attached hydrogens (tertiary/aromatic N) is 3. The first kappa shape index (κ1) is 16.4. The van der Waals surface area contributed by atoms with Gasteiger partial charge in [-0.2, -0.15) is 5.10 Å². The van der Waals surface area contributed by atoms with Gasteiger partial charge in [-0.3, -0.25) is 15.0 Å². The zero-order chi connectivity index (χ0) is 16.6. The van der Waals surface area contributed by atoms with Crippen molar-refractivity contribution < 1.29 is 0 Å². The summed E-state index contributed by atoms with van der Waals surface area (Å²) in [6, 6.07) is 14.5. The molecule has 0 bridgehead atoms. The number of aromatic amines is 1. The van der Waals surface area contributed by atoms with Crippen molar-refractivity contribution in [1.82, 2.24) is 20.1 Å². The Balaban J connectivity index is 1.69. The third kappa shape index (κ3) is 4.28. The van der Waals surface area contributed by atoms with Gasteiger partial charge in [0.15, 0.2) is 0 Å². The molecule has 124 valence electrons. The van der Waals surface area contributed by atoms with Crippen LogP contribution in [0.5, 0.6) is 0 Å². The lowest BCUT2D eigenvalue weighted by Gasteiger charge is -2.21. The molecule has 5 nitrogen and oxygen atoms in total. The molecule has 0 aliphatic heterocycles. The second-order valence-electron chi connectivity index (χ2n) is 5.81. The van der Waals surface area contributed by atoms with Crippen molar-refractivity contribution in [3.05, 3.63) is 72.2 Å². The van der Waals surface area contributed by atoms with Gasteiger partial charge in [-0.25, -0.2) is 0 Å². The van der Waals surface area contributed by atoms with Crippen LogP contribution in [0.4, 0.5) is 0 Å². The van der Waals surface area contributed by atoms with Crippen LogP contribution in [-0.4, -0.2) is 39.7 Å². The van der Waals surface area contributed by atoms with Gasteiger partial charge in [-0.05, 0) is 24.1 Å². The molecule has 1 aromatic carbocycles. The zero-order valence-corrected chi connectivity index (χ0v) is 13.7. The van der Waals surface area contributed by atoms with Gasteiger partial charge in [0.2, 0.25) is 0 Å². The van der Waals surface area contributed by atoms with Crippen LogP contribution in [0.15, 0.2) is 61.1 Å². The average Bonchev–Trinajstić information content (AvgIpc) is 3.10. The van der Waals surface area contributed by atoms with E-state index in [0.717, 1.165) is 37.3 Å². The van der Waals surface area contributed by atoms with Gasteiger partial charge >= 0.3 is 0 Å². The number of rotatable bonds is 8. The molecule has 0 saturated carbocycles. The molecule has 0 radical (unpaired) electrons. The van der Waals surface area contributed by atoms with Gasteiger partial charge in [0.05, 0.1) is 11.9 Å². The van der Waals surface area contributed by atoms with Crippen LogP contribution >= 0.6 is 0 Å². The minimum atomic E-state index is 0.648. The molecule has 0 amide bonds. The fourth-order valence-electron chi connectivity index (χ4n) is 2.82. The summed E-state index contributed by atoms with van der Waals surface area (Å²) in [4.78, 5) is 6.56. The molecule has 24 heavy (non-hydrogen) atoms. The van der Waals surface area contributed by atoms with E-state index >= 15 is 0 Å². The average molecular weight is 321 g/mol. The number of pyridine rings is 1. The molecule has 0 unspecified atom stereocenters. The number of hydrogen-bond acceptors (Lipinski definition) is 4. The number of aromatic nitrogens is 3.